The van der Waals surface area contributed by atoms with Crippen LogP contribution < -0.4 is 5.32 Å². The average Bonchev–Trinajstić information content (AvgIpc) is 3.10. The van der Waals surface area contributed by atoms with E-state index in [1.807, 2.05) is 0 Å². The van der Waals surface area contributed by atoms with Crippen LogP contribution in [0, 0.1) is 0 Å². The molecule has 2 N–H and O–H groups in total. The fourth-order valence-electron chi connectivity index (χ4n) is 3.37. The Bertz CT molecular complexity index is 679. The van der Waals surface area contributed by atoms with E-state index in [4.69, 9.17) is 4.74 Å². The number of nitrogens with one attached hydrogen (secondary N) is 2. The van der Waals surface area contributed by atoms with Crippen LogP contribution in [0.3, 0.4) is 0 Å². The zero-order valence-corrected chi connectivity index (χ0v) is 15.0. The highest BCUT2D eigenvalue weighted by atomic mass is 16.6. The highest BCUT2D eigenvalue weighted by molar-refractivity contribution is 5.96. The minimum atomic E-state index is -0.351. The van der Waals surface area contributed by atoms with Gasteiger partial charge in [-0.05, 0) is 32.6 Å². The summed E-state index contributed by atoms with van der Waals surface area (Å²) in [6.07, 6.45) is 3.57. The average molecular weight is 363 g/mol. The fraction of sp³-hybridized carbons (Fsp3) is 0.647. The molecule has 0 radical (unpaired) electrons. The van der Waals surface area contributed by atoms with Crippen molar-refractivity contribution in [2.75, 3.05) is 39.3 Å². The van der Waals surface area contributed by atoms with Gasteiger partial charge in [-0.25, -0.2) is 4.79 Å². The lowest BCUT2D eigenvalue weighted by molar-refractivity contribution is -0.131. The molecule has 3 rings (SSSR count). The molecule has 1 aromatic rings. The van der Waals surface area contributed by atoms with Crippen molar-refractivity contribution in [1.82, 2.24) is 25.3 Å². The highest BCUT2D eigenvalue weighted by Crippen LogP contribution is 2.21. The SMILES string of the molecule is CCOC(=O)N1CCN(C(=O)CNC(=O)c2n[nH]c3c2CCCC3)CC1. The molecule has 0 spiro atoms. The monoisotopic (exact) mass is 363 g/mol. The summed E-state index contributed by atoms with van der Waals surface area (Å²) in [6.45, 7) is 3.77. The van der Waals surface area contributed by atoms with Gasteiger partial charge in [0.15, 0.2) is 5.69 Å². The number of fused-ring (bicyclic) bond motifs is 1. The van der Waals surface area contributed by atoms with Gasteiger partial charge >= 0.3 is 6.09 Å². The number of ether oxygens (including phenoxy) is 1. The molecular formula is C17H25N5O4. The van der Waals surface area contributed by atoms with Crippen LogP contribution in [0.2, 0.25) is 0 Å². The van der Waals surface area contributed by atoms with E-state index in [9.17, 15) is 14.4 Å². The first kappa shape index (κ1) is 18.2. The summed E-state index contributed by atoms with van der Waals surface area (Å²) in [7, 11) is 0. The number of aromatic nitrogens is 2. The van der Waals surface area contributed by atoms with E-state index in [0.29, 0.717) is 38.5 Å². The van der Waals surface area contributed by atoms with Crippen LogP contribution in [-0.2, 0) is 22.4 Å². The quantitative estimate of drug-likeness (QED) is 0.801. The summed E-state index contributed by atoms with van der Waals surface area (Å²) >= 11 is 0. The lowest BCUT2D eigenvalue weighted by atomic mass is 9.96. The molecule has 0 aromatic carbocycles. The number of aromatic amines is 1. The molecule has 9 heteroatoms. The summed E-state index contributed by atoms with van der Waals surface area (Å²) in [6, 6.07) is 0. The minimum absolute atomic E-state index is 0.0696. The lowest BCUT2D eigenvalue weighted by Gasteiger charge is -2.34. The first-order valence-electron chi connectivity index (χ1n) is 9.14. The zero-order chi connectivity index (χ0) is 18.5. The standard InChI is InChI=1S/C17H25N5O4/c1-2-26-17(25)22-9-7-21(8-10-22)14(23)11-18-16(24)15-12-5-3-4-6-13(12)19-20-15/h2-11H2,1H3,(H,18,24)(H,19,20). The van der Waals surface area contributed by atoms with Gasteiger partial charge in [0, 0.05) is 37.4 Å². The first-order chi connectivity index (χ1) is 12.6. The fourth-order valence-corrected chi connectivity index (χ4v) is 3.37. The molecular weight excluding hydrogens is 338 g/mol. The number of rotatable bonds is 4. The molecule has 0 bridgehead atoms. The van der Waals surface area contributed by atoms with Crippen LogP contribution >= 0.6 is 0 Å². The topological polar surface area (TPSA) is 108 Å². The maximum absolute atomic E-state index is 12.3. The molecule has 2 heterocycles. The minimum Gasteiger partial charge on any atom is -0.450 e. The Morgan fingerprint density at radius 1 is 1.12 bits per heavy atom. The molecule has 1 aliphatic carbocycles. The number of H-pyrrole nitrogens is 1. The number of piperazine rings is 1. The number of nitrogens with zero attached hydrogens (tertiary/aromatic N) is 3. The van der Waals surface area contributed by atoms with Crippen molar-refractivity contribution in [3.8, 4) is 0 Å². The number of carbonyl (C=O) groups is 3. The molecule has 1 saturated heterocycles. The van der Waals surface area contributed by atoms with Crippen LogP contribution in [0.1, 0.15) is 41.5 Å². The van der Waals surface area contributed by atoms with Gasteiger partial charge in [0.1, 0.15) is 0 Å². The maximum Gasteiger partial charge on any atom is 0.409 e. The molecule has 1 aromatic heterocycles. The Kier molecular flexibility index (Phi) is 5.75. The third-order valence-electron chi connectivity index (χ3n) is 4.83. The summed E-state index contributed by atoms with van der Waals surface area (Å²) in [5.74, 6) is -0.478. The number of carbonyl (C=O) groups excluding carboxylic acids is 3. The predicted octanol–water partition coefficient (Wildman–Crippen LogP) is 0.319. The van der Waals surface area contributed by atoms with E-state index in [1.54, 1.807) is 16.7 Å². The summed E-state index contributed by atoms with van der Waals surface area (Å²) in [5, 5.41) is 9.71. The van der Waals surface area contributed by atoms with Crippen molar-refractivity contribution < 1.29 is 19.1 Å². The molecule has 9 nitrogen and oxygen atoms in total. The van der Waals surface area contributed by atoms with Crippen molar-refractivity contribution in [3.63, 3.8) is 0 Å². The number of hydrogen-bond acceptors (Lipinski definition) is 5. The predicted molar refractivity (Wildman–Crippen MR) is 92.7 cm³/mol. The van der Waals surface area contributed by atoms with Gasteiger partial charge in [0.05, 0.1) is 13.2 Å². The summed E-state index contributed by atoms with van der Waals surface area (Å²) in [4.78, 5) is 39.6. The van der Waals surface area contributed by atoms with Gasteiger partial charge in [0.2, 0.25) is 5.91 Å². The van der Waals surface area contributed by atoms with Crippen LogP contribution in [0.5, 0.6) is 0 Å². The summed E-state index contributed by atoms with van der Waals surface area (Å²) in [5.41, 5.74) is 2.41. The number of aryl methyl sites for hydroxylation is 1. The lowest BCUT2D eigenvalue weighted by Crippen LogP contribution is -2.52. The van der Waals surface area contributed by atoms with E-state index >= 15 is 0 Å². The third-order valence-corrected chi connectivity index (χ3v) is 4.83. The molecule has 0 atom stereocenters. The maximum atomic E-state index is 12.3. The van der Waals surface area contributed by atoms with E-state index in [2.05, 4.69) is 15.5 Å². The smallest absolute Gasteiger partial charge is 0.409 e. The summed E-state index contributed by atoms with van der Waals surface area (Å²) < 4.78 is 4.96. The van der Waals surface area contributed by atoms with Gasteiger partial charge in [-0.1, -0.05) is 0 Å². The second-order valence-electron chi connectivity index (χ2n) is 6.49. The van der Waals surface area contributed by atoms with E-state index in [-0.39, 0.29) is 24.5 Å². The Labute approximate surface area is 152 Å². The first-order valence-corrected chi connectivity index (χ1v) is 9.14. The molecule has 26 heavy (non-hydrogen) atoms. The zero-order valence-electron chi connectivity index (χ0n) is 15.0. The number of amides is 3. The van der Waals surface area contributed by atoms with Crippen molar-refractivity contribution in [1.29, 1.82) is 0 Å². The Morgan fingerprint density at radius 3 is 2.54 bits per heavy atom. The van der Waals surface area contributed by atoms with Crippen LogP contribution in [0.15, 0.2) is 0 Å². The Morgan fingerprint density at radius 2 is 1.81 bits per heavy atom. The van der Waals surface area contributed by atoms with Gasteiger partial charge < -0.3 is 19.9 Å². The van der Waals surface area contributed by atoms with Gasteiger partial charge in [-0.3, -0.25) is 14.7 Å². The van der Waals surface area contributed by atoms with Crippen molar-refractivity contribution in [2.24, 2.45) is 0 Å². The molecule has 1 aliphatic heterocycles. The molecule has 2 aliphatic rings. The van der Waals surface area contributed by atoms with Gasteiger partial charge in [0.25, 0.3) is 5.91 Å². The van der Waals surface area contributed by atoms with E-state index in [1.165, 1.54) is 0 Å². The van der Waals surface area contributed by atoms with Crippen LogP contribution in [0.25, 0.3) is 0 Å². The van der Waals surface area contributed by atoms with Crippen molar-refractivity contribution in [3.05, 3.63) is 17.0 Å². The van der Waals surface area contributed by atoms with Crippen LogP contribution in [-0.4, -0.2) is 77.2 Å². The van der Waals surface area contributed by atoms with E-state index in [0.717, 1.165) is 36.9 Å². The molecule has 0 unspecified atom stereocenters. The van der Waals surface area contributed by atoms with Crippen LogP contribution in [0.4, 0.5) is 4.79 Å². The largest absolute Gasteiger partial charge is 0.450 e. The van der Waals surface area contributed by atoms with E-state index < -0.39 is 0 Å². The van der Waals surface area contributed by atoms with Crippen molar-refractivity contribution >= 4 is 17.9 Å². The second-order valence-corrected chi connectivity index (χ2v) is 6.49. The third kappa shape index (κ3) is 3.97. The van der Waals surface area contributed by atoms with Gasteiger partial charge in [-0.2, -0.15) is 5.10 Å². The van der Waals surface area contributed by atoms with Gasteiger partial charge in [-0.15, -0.1) is 0 Å². The normalized spacial score (nSPS) is 16.8. The highest BCUT2D eigenvalue weighted by Gasteiger charge is 2.26. The Balaban J connectivity index is 1.46. The number of hydrogen-bond donors (Lipinski definition) is 2. The molecule has 0 saturated carbocycles. The second kappa shape index (κ2) is 8.20. The van der Waals surface area contributed by atoms with Crippen molar-refractivity contribution in [2.45, 2.75) is 32.6 Å². The Hall–Kier alpha value is -2.58. The molecule has 3 amide bonds. The molecule has 1 fully saturated rings. The molecule has 142 valence electrons.